The lowest BCUT2D eigenvalue weighted by atomic mass is 10.3. The van der Waals surface area contributed by atoms with Crippen LogP contribution in [0.5, 0.6) is 0 Å². The third kappa shape index (κ3) is 2.86. The molecule has 0 saturated carbocycles. The first-order valence-electron chi connectivity index (χ1n) is 5.60. The fourth-order valence-corrected chi connectivity index (χ4v) is 3.44. The van der Waals surface area contributed by atoms with E-state index in [2.05, 4.69) is 21.0 Å². The van der Waals surface area contributed by atoms with Crippen molar-refractivity contribution >= 4 is 37.5 Å². The quantitative estimate of drug-likeness (QED) is 0.798. The van der Waals surface area contributed by atoms with E-state index in [9.17, 15) is 17.2 Å². The molecule has 0 aliphatic rings. The van der Waals surface area contributed by atoms with Crippen molar-refractivity contribution in [2.24, 2.45) is 7.05 Å². The number of aromatic nitrogens is 2. The molecule has 1 aromatic carbocycles. The Morgan fingerprint density at radius 2 is 1.95 bits per heavy atom. The monoisotopic (exact) mass is 380 g/mol. The average molecular weight is 381 g/mol. The number of nitrogens with zero attached hydrogens (tertiary/aromatic N) is 2. The topological polar surface area (TPSA) is 90.0 Å². The highest BCUT2D eigenvalue weighted by atomic mass is 79.9. The number of nitrogens with two attached hydrogens (primary N) is 1. The molecule has 0 unspecified atom stereocenters. The zero-order chi connectivity index (χ0) is 15.9. The number of halogens is 3. The maximum Gasteiger partial charge on any atom is 0.267 e. The van der Waals surface area contributed by atoms with Crippen LogP contribution in [0.2, 0.25) is 0 Å². The van der Waals surface area contributed by atoms with Gasteiger partial charge in [-0.3, -0.25) is 9.40 Å². The Balaban J connectivity index is 2.50. The molecule has 3 N–H and O–H groups in total. The molecule has 1 heterocycles. The molecule has 2 rings (SSSR count). The summed E-state index contributed by atoms with van der Waals surface area (Å²) >= 11 is 2.81. The SMILES string of the molecule is Cc1c(S(=O)(=O)Nc2cc(F)c(Br)cc2F)c(N)nn1C. The Morgan fingerprint density at radius 3 is 2.48 bits per heavy atom. The van der Waals surface area contributed by atoms with Gasteiger partial charge in [0.2, 0.25) is 0 Å². The summed E-state index contributed by atoms with van der Waals surface area (Å²) in [5.41, 5.74) is 5.31. The zero-order valence-electron chi connectivity index (χ0n) is 11.0. The fraction of sp³-hybridized carbons (Fsp3) is 0.182. The summed E-state index contributed by atoms with van der Waals surface area (Å²) in [6.07, 6.45) is 0. The highest BCUT2D eigenvalue weighted by molar-refractivity contribution is 9.10. The Kier molecular flexibility index (Phi) is 3.93. The van der Waals surface area contributed by atoms with E-state index in [1.807, 2.05) is 4.72 Å². The van der Waals surface area contributed by atoms with Crippen LogP contribution in [0, 0.1) is 18.6 Å². The van der Waals surface area contributed by atoms with Gasteiger partial charge in [-0.25, -0.2) is 17.2 Å². The minimum absolute atomic E-state index is 0.111. The van der Waals surface area contributed by atoms with E-state index in [-0.39, 0.29) is 20.9 Å². The van der Waals surface area contributed by atoms with Crippen molar-refractivity contribution in [2.45, 2.75) is 11.8 Å². The lowest BCUT2D eigenvalue weighted by Gasteiger charge is -2.10. The van der Waals surface area contributed by atoms with E-state index < -0.39 is 27.3 Å². The standard InChI is InChI=1S/C11H11BrF2N4O2S/c1-5-10(11(15)16-18(5)2)21(19,20)17-9-4-7(13)6(12)3-8(9)14/h3-4,17H,1-2H3,(H2,15,16). The van der Waals surface area contributed by atoms with Gasteiger partial charge in [0, 0.05) is 13.1 Å². The van der Waals surface area contributed by atoms with Crippen molar-refractivity contribution in [1.82, 2.24) is 9.78 Å². The van der Waals surface area contributed by atoms with E-state index in [0.717, 1.165) is 12.1 Å². The van der Waals surface area contributed by atoms with Gasteiger partial charge < -0.3 is 5.73 Å². The molecular formula is C11H11BrF2N4O2S. The summed E-state index contributed by atoms with van der Waals surface area (Å²) in [4.78, 5) is -0.271. The number of aryl methyl sites for hydroxylation is 1. The lowest BCUT2D eigenvalue weighted by Crippen LogP contribution is -2.16. The minimum Gasteiger partial charge on any atom is -0.381 e. The first-order valence-corrected chi connectivity index (χ1v) is 7.87. The van der Waals surface area contributed by atoms with Crippen LogP contribution in [-0.2, 0) is 17.1 Å². The molecule has 0 atom stereocenters. The van der Waals surface area contributed by atoms with Crippen molar-refractivity contribution in [3.05, 3.63) is 33.9 Å². The van der Waals surface area contributed by atoms with Crippen LogP contribution in [-0.4, -0.2) is 18.2 Å². The van der Waals surface area contributed by atoms with Gasteiger partial charge >= 0.3 is 0 Å². The molecular weight excluding hydrogens is 370 g/mol. The van der Waals surface area contributed by atoms with Crippen molar-refractivity contribution in [3.8, 4) is 0 Å². The maximum absolute atomic E-state index is 13.7. The fourth-order valence-electron chi connectivity index (χ4n) is 1.74. The van der Waals surface area contributed by atoms with Crippen LogP contribution in [0.4, 0.5) is 20.3 Å². The van der Waals surface area contributed by atoms with Crippen LogP contribution in [0.15, 0.2) is 21.5 Å². The van der Waals surface area contributed by atoms with Gasteiger partial charge in [0.1, 0.15) is 11.6 Å². The van der Waals surface area contributed by atoms with Crippen LogP contribution in [0.1, 0.15) is 5.69 Å². The van der Waals surface area contributed by atoms with Gasteiger partial charge in [0.15, 0.2) is 10.7 Å². The Hall–Kier alpha value is -1.68. The molecule has 0 amide bonds. The van der Waals surface area contributed by atoms with E-state index in [1.54, 1.807) is 0 Å². The number of hydrogen-bond acceptors (Lipinski definition) is 4. The molecule has 6 nitrogen and oxygen atoms in total. The van der Waals surface area contributed by atoms with Crippen molar-refractivity contribution in [3.63, 3.8) is 0 Å². The Morgan fingerprint density at radius 1 is 1.33 bits per heavy atom. The molecule has 0 spiro atoms. The molecule has 114 valence electrons. The van der Waals surface area contributed by atoms with Crippen molar-refractivity contribution in [1.29, 1.82) is 0 Å². The smallest absolute Gasteiger partial charge is 0.267 e. The van der Waals surface area contributed by atoms with E-state index in [1.165, 1.54) is 18.7 Å². The number of sulfonamides is 1. The summed E-state index contributed by atoms with van der Waals surface area (Å²) in [5.74, 6) is -1.95. The number of benzene rings is 1. The lowest BCUT2D eigenvalue weighted by molar-refractivity contribution is 0.591. The third-order valence-electron chi connectivity index (χ3n) is 2.83. The predicted octanol–water partition coefficient (Wildman–Crippen LogP) is 2.15. The van der Waals surface area contributed by atoms with Gasteiger partial charge in [0.25, 0.3) is 10.0 Å². The summed E-state index contributed by atoms with van der Waals surface area (Å²) in [6, 6.07) is 1.56. The summed E-state index contributed by atoms with van der Waals surface area (Å²) in [5, 5.41) is 3.77. The molecule has 1 aromatic heterocycles. The van der Waals surface area contributed by atoms with E-state index in [4.69, 9.17) is 5.73 Å². The first-order chi connectivity index (χ1) is 9.63. The average Bonchev–Trinajstić information content (AvgIpc) is 2.60. The van der Waals surface area contributed by atoms with Gasteiger partial charge in [-0.2, -0.15) is 5.10 Å². The second-order valence-corrected chi connectivity index (χ2v) is 6.75. The Labute approximate surface area is 128 Å². The molecule has 2 aromatic rings. The number of hydrogen-bond donors (Lipinski definition) is 2. The zero-order valence-corrected chi connectivity index (χ0v) is 13.4. The third-order valence-corrected chi connectivity index (χ3v) is 4.97. The largest absolute Gasteiger partial charge is 0.381 e. The molecule has 0 aliphatic carbocycles. The minimum atomic E-state index is -4.19. The summed E-state index contributed by atoms with van der Waals surface area (Å²) < 4.78 is 54.8. The van der Waals surface area contributed by atoms with Gasteiger partial charge in [0.05, 0.1) is 15.9 Å². The Bertz CT molecular complexity index is 820. The van der Waals surface area contributed by atoms with Crippen LogP contribution < -0.4 is 10.5 Å². The normalized spacial score (nSPS) is 11.7. The van der Waals surface area contributed by atoms with E-state index in [0.29, 0.717) is 0 Å². The van der Waals surface area contributed by atoms with E-state index >= 15 is 0 Å². The number of anilines is 2. The van der Waals surface area contributed by atoms with Crippen LogP contribution in [0.25, 0.3) is 0 Å². The molecule has 0 radical (unpaired) electrons. The highest BCUT2D eigenvalue weighted by Gasteiger charge is 2.26. The molecule has 21 heavy (non-hydrogen) atoms. The first kappa shape index (κ1) is 15.7. The maximum atomic E-state index is 13.7. The van der Waals surface area contributed by atoms with Crippen molar-refractivity contribution < 1.29 is 17.2 Å². The molecule has 0 bridgehead atoms. The second kappa shape index (κ2) is 5.26. The molecule has 0 aliphatic heterocycles. The predicted molar refractivity (Wildman–Crippen MR) is 77.2 cm³/mol. The number of rotatable bonds is 3. The number of nitrogens with one attached hydrogen (secondary N) is 1. The van der Waals surface area contributed by atoms with Gasteiger partial charge in [-0.1, -0.05) is 0 Å². The highest BCUT2D eigenvalue weighted by Crippen LogP contribution is 2.28. The molecule has 0 fully saturated rings. The van der Waals surface area contributed by atoms with Crippen LogP contribution >= 0.6 is 15.9 Å². The van der Waals surface area contributed by atoms with Crippen LogP contribution in [0.3, 0.4) is 0 Å². The van der Waals surface area contributed by atoms with Crippen molar-refractivity contribution in [2.75, 3.05) is 10.5 Å². The van der Waals surface area contributed by atoms with Gasteiger partial charge in [-0.15, -0.1) is 0 Å². The molecule has 10 heteroatoms. The number of nitrogen functional groups attached to an aromatic ring is 1. The van der Waals surface area contributed by atoms with Gasteiger partial charge in [-0.05, 0) is 28.9 Å². The second-order valence-electron chi connectivity index (χ2n) is 4.28. The molecule has 0 saturated heterocycles. The summed E-state index contributed by atoms with van der Waals surface area (Å²) in [7, 11) is -2.67. The summed E-state index contributed by atoms with van der Waals surface area (Å²) in [6.45, 7) is 1.50.